The van der Waals surface area contributed by atoms with E-state index >= 15 is 0 Å². The summed E-state index contributed by atoms with van der Waals surface area (Å²) in [7, 11) is 0. The van der Waals surface area contributed by atoms with E-state index in [0.717, 1.165) is 11.3 Å². The summed E-state index contributed by atoms with van der Waals surface area (Å²) in [5.74, 6) is 0.724. The van der Waals surface area contributed by atoms with Gasteiger partial charge in [0.1, 0.15) is 11.5 Å². The normalized spacial score (nSPS) is 17.7. The van der Waals surface area contributed by atoms with Gasteiger partial charge in [-0.3, -0.25) is 4.79 Å². The monoisotopic (exact) mass is 312 g/mol. The molecule has 0 spiro atoms. The number of furan rings is 2. The number of nitrogens with zero attached hydrogens (tertiary/aromatic N) is 2. The molecule has 0 saturated heterocycles. The van der Waals surface area contributed by atoms with Gasteiger partial charge in [-0.05, 0) is 46.7 Å². The van der Waals surface area contributed by atoms with Crippen molar-refractivity contribution >= 4 is 23.0 Å². The van der Waals surface area contributed by atoms with Crippen molar-refractivity contribution in [2.24, 2.45) is 5.10 Å². The highest BCUT2D eigenvalue weighted by Crippen LogP contribution is 2.34. The van der Waals surface area contributed by atoms with Crippen molar-refractivity contribution in [3.8, 4) is 0 Å². The molecule has 1 atom stereocenters. The van der Waals surface area contributed by atoms with Gasteiger partial charge in [-0.25, -0.2) is 5.01 Å². The first-order valence-electron chi connectivity index (χ1n) is 6.83. The van der Waals surface area contributed by atoms with Crippen molar-refractivity contribution in [2.45, 2.75) is 12.5 Å². The standard InChI is InChI=1S/C16H12N2O3S/c19-16(15-4-2-7-21-15)18-13(11-5-8-22-10-11)9-12(17-18)14-3-1-6-20-14/h1-8,10,13H,9H2. The quantitative estimate of drug-likeness (QED) is 0.736. The fourth-order valence-electron chi connectivity index (χ4n) is 2.53. The Labute approximate surface area is 130 Å². The van der Waals surface area contributed by atoms with Gasteiger partial charge in [0.15, 0.2) is 5.76 Å². The Morgan fingerprint density at radius 1 is 1.23 bits per heavy atom. The Balaban J connectivity index is 1.71. The van der Waals surface area contributed by atoms with Gasteiger partial charge in [0.2, 0.25) is 0 Å². The minimum absolute atomic E-state index is 0.135. The largest absolute Gasteiger partial charge is 0.463 e. The molecule has 1 aliphatic rings. The number of carbonyl (C=O) groups is 1. The molecule has 0 N–H and O–H groups in total. The molecule has 0 bridgehead atoms. The van der Waals surface area contributed by atoms with Gasteiger partial charge >= 0.3 is 5.91 Å². The van der Waals surface area contributed by atoms with E-state index in [4.69, 9.17) is 8.83 Å². The third-order valence-corrected chi connectivity index (χ3v) is 4.29. The van der Waals surface area contributed by atoms with E-state index in [-0.39, 0.29) is 17.7 Å². The number of hydrazone groups is 1. The molecule has 3 aromatic heterocycles. The van der Waals surface area contributed by atoms with Crippen molar-refractivity contribution in [2.75, 3.05) is 0 Å². The fourth-order valence-corrected chi connectivity index (χ4v) is 3.23. The lowest BCUT2D eigenvalue weighted by molar-refractivity contribution is 0.0679. The lowest BCUT2D eigenvalue weighted by atomic mass is 10.0. The van der Waals surface area contributed by atoms with E-state index in [0.29, 0.717) is 12.2 Å². The Kier molecular flexibility index (Phi) is 3.16. The summed E-state index contributed by atoms with van der Waals surface area (Å²) < 4.78 is 10.6. The average Bonchev–Trinajstić information content (AvgIpc) is 3.35. The van der Waals surface area contributed by atoms with Crippen LogP contribution < -0.4 is 0 Å². The lowest BCUT2D eigenvalue weighted by Crippen LogP contribution is -2.26. The Bertz CT molecular complexity index is 789. The molecule has 1 amide bonds. The van der Waals surface area contributed by atoms with Crippen LogP contribution in [0.1, 0.15) is 34.3 Å². The highest BCUT2D eigenvalue weighted by atomic mass is 32.1. The first-order chi connectivity index (χ1) is 10.8. The molecule has 5 nitrogen and oxygen atoms in total. The highest BCUT2D eigenvalue weighted by molar-refractivity contribution is 7.08. The van der Waals surface area contributed by atoms with Crippen LogP contribution in [0.5, 0.6) is 0 Å². The first kappa shape index (κ1) is 13.1. The van der Waals surface area contributed by atoms with Crippen LogP contribution in [-0.2, 0) is 0 Å². The molecule has 4 rings (SSSR count). The predicted octanol–water partition coefficient (Wildman–Crippen LogP) is 3.93. The van der Waals surface area contributed by atoms with E-state index < -0.39 is 0 Å². The number of thiophene rings is 1. The molecule has 0 radical (unpaired) electrons. The summed E-state index contributed by atoms with van der Waals surface area (Å²) in [5, 5.41) is 9.99. The maximum absolute atomic E-state index is 12.6. The number of carbonyl (C=O) groups excluding carboxylic acids is 1. The zero-order valence-electron chi connectivity index (χ0n) is 11.5. The van der Waals surface area contributed by atoms with Crippen LogP contribution in [0.4, 0.5) is 0 Å². The Morgan fingerprint density at radius 2 is 2.09 bits per heavy atom. The molecule has 3 aromatic rings. The molecule has 0 aliphatic carbocycles. The summed E-state index contributed by atoms with van der Waals surface area (Å²) in [6, 6.07) is 8.88. The highest BCUT2D eigenvalue weighted by Gasteiger charge is 2.35. The molecule has 0 fully saturated rings. The third kappa shape index (κ3) is 2.17. The van der Waals surface area contributed by atoms with Crippen molar-refractivity contribution < 1.29 is 13.6 Å². The molecule has 110 valence electrons. The SMILES string of the molecule is O=C(c1ccco1)N1N=C(c2ccco2)CC1c1ccsc1. The van der Waals surface area contributed by atoms with E-state index in [1.54, 1.807) is 29.7 Å². The molecule has 22 heavy (non-hydrogen) atoms. The molecule has 1 unspecified atom stereocenters. The van der Waals surface area contributed by atoms with E-state index in [1.807, 2.05) is 29.0 Å². The second kappa shape index (κ2) is 5.31. The smallest absolute Gasteiger partial charge is 0.310 e. The number of hydrogen-bond acceptors (Lipinski definition) is 5. The van der Waals surface area contributed by atoms with Crippen LogP contribution in [0, 0.1) is 0 Å². The molecule has 0 saturated carbocycles. The third-order valence-electron chi connectivity index (χ3n) is 3.58. The predicted molar refractivity (Wildman–Crippen MR) is 81.8 cm³/mol. The molecular weight excluding hydrogens is 300 g/mol. The van der Waals surface area contributed by atoms with Gasteiger partial charge < -0.3 is 8.83 Å². The molecule has 6 heteroatoms. The fraction of sp³-hybridized carbons (Fsp3) is 0.125. The van der Waals surface area contributed by atoms with Gasteiger partial charge in [0, 0.05) is 6.42 Å². The molecular formula is C16H12N2O3S. The van der Waals surface area contributed by atoms with E-state index in [9.17, 15) is 4.79 Å². The maximum Gasteiger partial charge on any atom is 0.310 e. The summed E-state index contributed by atoms with van der Waals surface area (Å²) >= 11 is 1.60. The first-order valence-corrected chi connectivity index (χ1v) is 7.78. The lowest BCUT2D eigenvalue weighted by Gasteiger charge is -2.19. The van der Waals surface area contributed by atoms with Crippen LogP contribution in [0.25, 0.3) is 0 Å². The maximum atomic E-state index is 12.6. The van der Waals surface area contributed by atoms with Gasteiger partial charge in [0.05, 0.1) is 18.6 Å². The minimum Gasteiger partial charge on any atom is -0.463 e. The summed E-state index contributed by atoms with van der Waals surface area (Å²) in [6.07, 6.45) is 3.71. The van der Waals surface area contributed by atoms with Crippen molar-refractivity contribution in [1.29, 1.82) is 0 Å². The van der Waals surface area contributed by atoms with Gasteiger partial charge in [-0.2, -0.15) is 16.4 Å². The minimum atomic E-state index is -0.247. The number of amides is 1. The number of rotatable bonds is 3. The van der Waals surface area contributed by atoms with Crippen LogP contribution in [0.15, 0.2) is 67.6 Å². The van der Waals surface area contributed by atoms with Crippen molar-refractivity contribution in [3.05, 3.63) is 70.7 Å². The van der Waals surface area contributed by atoms with Gasteiger partial charge in [-0.1, -0.05) is 0 Å². The van der Waals surface area contributed by atoms with Crippen molar-refractivity contribution in [1.82, 2.24) is 5.01 Å². The average molecular weight is 312 g/mol. The van der Waals surface area contributed by atoms with Crippen LogP contribution in [0.2, 0.25) is 0 Å². The second-order valence-corrected chi connectivity index (χ2v) is 5.71. The van der Waals surface area contributed by atoms with Crippen LogP contribution in [0.3, 0.4) is 0 Å². The van der Waals surface area contributed by atoms with E-state index in [1.165, 1.54) is 11.3 Å². The van der Waals surface area contributed by atoms with Crippen molar-refractivity contribution in [3.63, 3.8) is 0 Å². The second-order valence-electron chi connectivity index (χ2n) is 4.93. The zero-order chi connectivity index (χ0) is 14.9. The summed E-state index contributed by atoms with van der Waals surface area (Å²) in [6.45, 7) is 0. The van der Waals surface area contributed by atoms with Crippen LogP contribution >= 0.6 is 11.3 Å². The molecule has 4 heterocycles. The number of hydrogen-bond donors (Lipinski definition) is 0. The van der Waals surface area contributed by atoms with E-state index in [2.05, 4.69) is 5.10 Å². The summed E-state index contributed by atoms with van der Waals surface area (Å²) in [4.78, 5) is 12.6. The Morgan fingerprint density at radius 3 is 2.77 bits per heavy atom. The summed E-state index contributed by atoms with van der Waals surface area (Å²) in [5.41, 5.74) is 1.83. The zero-order valence-corrected chi connectivity index (χ0v) is 12.3. The molecule has 1 aliphatic heterocycles. The van der Waals surface area contributed by atoms with Gasteiger partial charge in [-0.15, -0.1) is 0 Å². The Hall–Kier alpha value is -2.60. The topological polar surface area (TPSA) is 59.0 Å². The van der Waals surface area contributed by atoms with Crippen LogP contribution in [-0.4, -0.2) is 16.6 Å². The molecule has 0 aromatic carbocycles. The van der Waals surface area contributed by atoms with Gasteiger partial charge in [0.25, 0.3) is 0 Å².